The molecule has 7 nitrogen and oxygen atoms in total. The van der Waals surface area contributed by atoms with Crippen LogP contribution < -0.4 is 0 Å². The number of benzene rings is 2. The zero-order valence-corrected chi connectivity index (χ0v) is 19.4. The number of nitrogens with zero attached hydrogens (tertiary/aromatic N) is 3. The van der Waals surface area contributed by atoms with Gasteiger partial charge in [-0.15, -0.1) is 0 Å². The van der Waals surface area contributed by atoms with Crippen molar-refractivity contribution in [1.82, 2.24) is 14.2 Å². The Labute approximate surface area is 192 Å². The largest absolute Gasteiger partial charge is 0.441 e. The van der Waals surface area contributed by atoms with Gasteiger partial charge >= 0.3 is 0 Å². The summed E-state index contributed by atoms with van der Waals surface area (Å²) < 4.78 is 46.9. The minimum Gasteiger partial charge on any atom is -0.441 e. The lowest BCUT2D eigenvalue weighted by molar-refractivity contribution is -0.132. The number of hydrogen-bond acceptors (Lipinski definition) is 5. The van der Waals surface area contributed by atoms with Gasteiger partial charge in [-0.25, -0.2) is 17.8 Å². The van der Waals surface area contributed by atoms with E-state index in [4.69, 9.17) is 4.42 Å². The summed E-state index contributed by atoms with van der Waals surface area (Å²) in [5.41, 5.74) is 2.29. The first-order valence-electron chi connectivity index (χ1n) is 10.8. The molecule has 9 heteroatoms. The number of amides is 1. The summed E-state index contributed by atoms with van der Waals surface area (Å²) in [6, 6.07) is 11.4. The van der Waals surface area contributed by atoms with Gasteiger partial charge in [0.05, 0.1) is 16.7 Å². The summed E-state index contributed by atoms with van der Waals surface area (Å²) in [5.74, 6) is 0.187. The van der Waals surface area contributed by atoms with Gasteiger partial charge < -0.3 is 9.32 Å². The van der Waals surface area contributed by atoms with Crippen molar-refractivity contribution in [1.29, 1.82) is 0 Å². The van der Waals surface area contributed by atoms with Crippen LogP contribution in [0.2, 0.25) is 0 Å². The Kier molecular flexibility index (Phi) is 6.62. The number of carbonyl (C=O) groups is 1. The Morgan fingerprint density at radius 2 is 1.79 bits per heavy atom. The van der Waals surface area contributed by atoms with E-state index in [9.17, 15) is 17.6 Å². The van der Waals surface area contributed by atoms with E-state index in [1.807, 2.05) is 19.9 Å². The first kappa shape index (κ1) is 23.1. The molecule has 0 atom stereocenters. The van der Waals surface area contributed by atoms with Crippen LogP contribution in [0.15, 0.2) is 58.0 Å². The Morgan fingerprint density at radius 1 is 1.06 bits per heavy atom. The molecule has 1 aromatic heterocycles. The molecule has 0 spiro atoms. The summed E-state index contributed by atoms with van der Waals surface area (Å²) in [7, 11) is -3.59. The number of oxazole rings is 1. The Bertz CT molecular complexity index is 1260. The first-order valence-corrected chi connectivity index (χ1v) is 12.2. The van der Waals surface area contributed by atoms with Gasteiger partial charge in [0.1, 0.15) is 5.82 Å². The second-order valence-corrected chi connectivity index (χ2v) is 10.1. The quantitative estimate of drug-likeness (QED) is 0.549. The highest BCUT2D eigenvalue weighted by molar-refractivity contribution is 7.89. The van der Waals surface area contributed by atoms with Crippen molar-refractivity contribution in [2.75, 3.05) is 26.2 Å². The van der Waals surface area contributed by atoms with E-state index in [1.165, 1.54) is 16.6 Å². The summed E-state index contributed by atoms with van der Waals surface area (Å²) in [5, 5.41) is 0. The van der Waals surface area contributed by atoms with Crippen LogP contribution in [0.25, 0.3) is 11.3 Å². The molecule has 0 saturated carbocycles. The van der Waals surface area contributed by atoms with Gasteiger partial charge in [-0.05, 0) is 49.2 Å². The predicted molar refractivity (Wildman–Crippen MR) is 121 cm³/mol. The zero-order valence-electron chi connectivity index (χ0n) is 18.6. The normalized spacial score (nSPS) is 15.1. The molecule has 3 aromatic rings. The zero-order chi connectivity index (χ0) is 23.6. The van der Waals surface area contributed by atoms with Crippen LogP contribution in [0.5, 0.6) is 0 Å². The Hall–Kier alpha value is -3.04. The molecule has 0 unspecified atom stereocenters. The fourth-order valence-corrected chi connectivity index (χ4v) is 5.29. The molecule has 33 heavy (non-hydrogen) atoms. The van der Waals surface area contributed by atoms with Crippen LogP contribution in [0.3, 0.4) is 0 Å². The van der Waals surface area contributed by atoms with Crippen molar-refractivity contribution >= 4 is 15.9 Å². The molecule has 0 N–H and O–H groups in total. The van der Waals surface area contributed by atoms with Crippen molar-refractivity contribution in [3.05, 3.63) is 71.5 Å². The lowest BCUT2D eigenvalue weighted by atomic mass is 10.1. The maximum absolute atomic E-state index is 13.9. The summed E-state index contributed by atoms with van der Waals surface area (Å²) >= 11 is 0. The minimum absolute atomic E-state index is 0.0936. The van der Waals surface area contributed by atoms with E-state index in [2.05, 4.69) is 4.98 Å². The van der Waals surface area contributed by atoms with Gasteiger partial charge in [-0.2, -0.15) is 4.31 Å². The molecule has 4 rings (SSSR count). The van der Waals surface area contributed by atoms with Crippen molar-refractivity contribution in [2.45, 2.75) is 31.6 Å². The molecule has 1 amide bonds. The third-order valence-electron chi connectivity index (χ3n) is 5.95. The SMILES string of the molecule is Cc1ccc(S(=O)(=O)N2CCN(C(=O)CCc3ncc(-c4ccccc4F)o3)CC2)cc1C. The summed E-state index contributed by atoms with van der Waals surface area (Å²) in [6.07, 6.45) is 1.92. The monoisotopic (exact) mass is 471 g/mol. The molecular weight excluding hydrogens is 445 g/mol. The highest BCUT2D eigenvalue weighted by Gasteiger charge is 2.30. The summed E-state index contributed by atoms with van der Waals surface area (Å²) in [4.78, 5) is 18.7. The lowest BCUT2D eigenvalue weighted by Gasteiger charge is -2.34. The number of piperazine rings is 1. The van der Waals surface area contributed by atoms with Crippen LogP contribution in [0.4, 0.5) is 4.39 Å². The average molecular weight is 472 g/mol. The van der Waals surface area contributed by atoms with E-state index in [1.54, 1.807) is 35.2 Å². The second-order valence-electron chi connectivity index (χ2n) is 8.13. The molecular formula is C24H26FN3O4S. The Morgan fingerprint density at radius 3 is 2.48 bits per heavy atom. The van der Waals surface area contributed by atoms with E-state index in [-0.39, 0.29) is 36.7 Å². The van der Waals surface area contributed by atoms with E-state index >= 15 is 0 Å². The van der Waals surface area contributed by atoms with Crippen molar-refractivity contribution in [3.63, 3.8) is 0 Å². The standard InChI is InChI=1S/C24H26FN3O4S/c1-17-7-8-19(15-18(17)2)33(30,31)28-13-11-27(12-14-28)24(29)10-9-23-26-16-22(32-23)20-5-3-4-6-21(20)25/h3-8,15-16H,9-14H2,1-2H3. The number of aryl methyl sites for hydroxylation is 3. The maximum Gasteiger partial charge on any atom is 0.243 e. The smallest absolute Gasteiger partial charge is 0.243 e. The van der Waals surface area contributed by atoms with Gasteiger partial charge in [0.2, 0.25) is 15.9 Å². The lowest BCUT2D eigenvalue weighted by Crippen LogP contribution is -2.50. The molecule has 0 bridgehead atoms. The van der Waals surface area contributed by atoms with Crippen LogP contribution in [-0.2, 0) is 21.2 Å². The molecule has 1 aliphatic rings. The number of halogens is 1. The molecule has 2 heterocycles. The maximum atomic E-state index is 13.9. The van der Waals surface area contributed by atoms with E-state index in [0.29, 0.717) is 30.3 Å². The fraction of sp³-hybridized carbons (Fsp3) is 0.333. The van der Waals surface area contributed by atoms with E-state index < -0.39 is 15.8 Å². The first-order chi connectivity index (χ1) is 15.8. The van der Waals surface area contributed by atoms with Gasteiger partial charge in [-0.3, -0.25) is 4.79 Å². The van der Waals surface area contributed by atoms with E-state index in [0.717, 1.165) is 11.1 Å². The molecule has 1 aliphatic heterocycles. The molecule has 1 fully saturated rings. The highest BCUT2D eigenvalue weighted by Crippen LogP contribution is 2.24. The fourth-order valence-electron chi connectivity index (χ4n) is 3.78. The number of carbonyl (C=O) groups excluding carboxylic acids is 1. The van der Waals surface area contributed by atoms with Gasteiger partial charge in [0.25, 0.3) is 0 Å². The molecule has 0 aliphatic carbocycles. The predicted octanol–water partition coefficient (Wildman–Crippen LogP) is 3.56. The van der Waals surface area contributed by atoms with Crippen LogP contribution in [-0.4, -0.2) is 54.7 Å². The van der Waals surface area contributed by atoms with Crippen molar-refractivity contribution in [2.24, 2.45) is 0 Å². The third kappa shape index (κ3) is 4.99. The second kappa shape index (κ2) is 9.44. The van der Waals surface area contributed by atoms with Crippen LogP contribution in [0, 0.1) is 19.7 Å². The highest BCUT2D eigenvalue weighted by atomic mass is 32.2. The Balaban J connectivity index is 1.32. The van der Waals surface area contributed by atoms with Crippen LogP contribution in [0.1, 0.15) is 23.4 Å². The third-order valence-corrected chi connectivity index (χ3v) is 7.85. The number of rotatable bonds is 6. The summed E-state index contributed by atoms with van der Waals surface area (Å²) in [6.45, 7) is 4.98. The van der Waals surface area contributed by atoms with Crippen molar-refractivity contribution in [3.8, 4) is 11.3 Å². The number of aromatic nitrogens is 1. The van der Waals surface area contributed by atoms with Crippen LogP contribution >= 0.6 is 0 Å². The van der Waals surface area contributed by atoms with Crippen molar-refractivity contribution < 1.29 is 22.0 Å². The molecule has 2 aromatic carbocycles. The average Bonchev–Trinajstić information content (AvgIpc) is 3.28. The number of sulfonamides is 1. The van der Waals surface area contributed by atoms with Gasteiger partial charge in [0, 0.05) is 39.0 Å². The number of hydrogen-bond donors (Lipinski definition) is 0. The molecule has 0 radical (unpaired) electrons. The van der Waals surface area contributed by atoms with Gasteiger partial charge in [0.15, 0.2) is 11.7 Å². The molecule has 1 saturated heterocycles. The molecule has 174 valence electrons. The van der Waals surface area contributed by atoms with Gasteiger partial charge in [-0.1, -0.05) is 18.2 Å². The topological polar surface area (TPSA) is 83.7 Å². The minimum atomic E-state index is -3.59.